The summed E-state index contributed by atoms with van der Waals surface area (Å²) in [6.07, 6.45) is 2.24. The van der Waals surface area contributed by atoms with E-state index in [1.54, 1.807) is 12.1 Å². The van der Waals surface area contributed by atoms with Crippen molar-refractivity contribution in [2.75, 3.05) is 56.1 Å². The van der Waals surface area contributed by atoms with Crippen LogP contribution in [0.15, 0.2) is 42.7 Å². The first-order valence-electron chi connectivity index (χ1n) is 10.5. The van der Waals surface area contributed by atoms with Gasteiger partial charge in [0.25, 0.3) is 5.69 Å². The van der Waals surface area contributed by atoms with Crippen molar-refractivity contribution < 1.29 is 10.0 Å². The van der Waals surface area contributed by atoms with Gasteiger partial charge in [-0.1, -0.05) is 23.7 Å². The van der Waals surface area contributed by atoms with E-state index in [2.05, 4.69) is 20.2 Å². The summed E-state index contributed by atoms with van der Waals surface area (Å²) < 4.78 is 0. The molecule has 2 heterocycles. The van der Waals surface area contributed by atoms with E-state index in [9.17, 15) is 10.1 Å². The van der Waals surface area contributed by atoms with Crippen LogP contribution in [0.1, 0.15) is 5.56 Å². The molecule has 0 radical (unpaired) electrons. The lowest BCUT2D eigenvalue weighted by molar-refractivity contribution is -0.384. The smallest absolute Gasteiger partial charge is 0.293 e. The SMILES string of the molecule is O=[N+]([O-])c1cc2c(NCCc3ccc(Cl)cc3)ncnc2cc1N1CCN(CCO)CC1. The number of aliphatic hydroxyl groups excluding tert-OH is 1. The average Bonchev–Trinajstić information content (AvgIpc) is 2.80. The Bertz CT molecular complexity index is 1090. The Morgan fingerprint density at radius 3 is 2.56 bits per heavy atom. The highest BCUT2D eigenvalue weighted by Crippen LogP contribution is 2.35. The monoisotopic (exact) mass is 456 g/mol. The molecule has 2 N–H and O–H groups in total. The highest BCUT2D eigenvalue weighted by molar-refractivity contribution is 6.30. The Morgan fingerprint density at radius 2 is 1.88 bits per heavy atom. The Kier molecular flexibility index (Phi) is 6.99. The highest BCUT2D eigenvalue weighted by atomic mass is 35.5. The van der Waals surface area contributed by atoms with Gasteiger partial charge in [-0.3, -0.25) is 15.0 Å². The van der Waals surface area contributed by atoms with Crippen molar-refractivity contribution in [3.63, 3.8) is 0 Å². The molecule has 0 bridgehead atoms. The normalized spacial score (nSPS) is 14.6. The third kappa shape index (κ3) is 5.07. The number of anilines is 2. The molecule has 4 rings (SSSR count). The van der Waals surface area contributed by atoms with Gasteiger partial charge in [0, 0.05) is 55.7 Å². The van der Waals surface area contributed by atoms with Crippen molar-refractivity contribution in [1.82, 2.24) is 14.9 Å². The van der Waals surface area contributed by atoms with E-state index in [1.165, 1.54) is 6.33 Å². The summed E-state index contributed by atoms with van der Waals surface area (Å²) in [4.78, 5) is 24.4. The maximum atomic E-state index is 11.9. The highest BCUT2D eigenvalue weighted by Gasteiger charge is 2.25. The number of benzene rings is 2. The number of fused-ring (bicyclic) bond motifs is 1. The fraction of sp³-hybridized carbons (Fsp3) is 0.364. The molecular weight excluding hydrogens is 432 g/mol. The van der Waals surface area contributed by atoms with E-state index >= 15 is 0 Å². The summed E-state index contributed by atoms with van der Waals surface area (Å²) in [6, 6.07) is 11.0. The van der Waals surface area contributed by atoms with E-state index in [-0.39, 0.29) is 17.2 Å². The second kappa shape index (κ2) is 10.1. The number of aromatic nitrogens is 2. The van der Waals surface area contributed by atoms with E-state index in [1.807, 2.05) is 29.2 Å². The maximum absolute atomic E-state index is 11.9. The van der Waals surface area contributed by atoms with E-state index < -0.39 is 0 Å². The van der Waals surface area contributed by atoms with Gasteiger partial charge in [0.15, 0.2) is 0 Å². The molecule has 0 aliphatic carbocycles. The summed E-state index contributed by atoms with van der Waals surface area (Å²) >= 11 is 5.93. The first kappa shape index (κ1) is 22.2. The van der Waals surface area contributed by atoms with Crippen molar-refractivity contribution in [2.45, 2.75) is 6.42 Å². The zero-order valence-corrected chi connectivity index (χ0v) is 18.3. The molecule has 1 aliphatic rings. The fourth-order valence-electron chi connectivity index (χ4n) is 3.95. The molecule has 0 atom stereocenters. The fourth-order valence-corrected chi connectivity index (χ4v) is 4.08. The Morgan fingerprint density at radius 1 is 1.12 bits per heavy atom. The molecule has 0 saturated carbocycles. The van der Waals surface area contributed by atoms with Gasteiger partial charge in [-0.25, -0.2) is 9.97 Å². The van der Waals surface area contributed by atoms with Crippen molar-refractivity contribution in [3.05, 3.63) is 63.4 Å². The minimum Gasteiger partial charge on any atom is -0.395 e. The zero-order valence-electron chi connectivity index (χ0n) is 17.6. The van der Waals surface area contributed by atoms with Gasteiger partial charge in [0.2, 0.25) is 0 Å². The molecule has 3 aromatic rings. The zero-order chi connectivity index (χ0) is 22.5. The number of nitro groups is 1. The molecule has 1 aromatic heterocycles. The lowest BCUT2D eigenvalue weighted by Crippen LogP contribution is -2.47. The summed E-state index contributed by atoms with van der Waals surface area (Å²) in [5.74, 6) is 0.575. The number of nitrogens with zero attached hydrogens (tertiary/aromatic N) is 5. The van der Waals surface area contributed by atoms with Crippen LogP contribution in [0.3, 0.4) is 0 Å². The molecule has 0 amide bonds. The number of nitro benzene ring substituents is 1. The minimum atomic E-state index is -0.348. The molecule has 32 heavy (non-hydrogen) atoms. The number of hydrogen-bond acceptors (Lipinski definition) is 8. The summed E-state index contributed by atoms with van der Waals surface area (Å²) in [5.41, 5.74) is 2.40. The average molecular weight is 457 g/mol. The van der Waals surface area contributed by atoms with Crippen molar-refractivity contribution >= 4 is 39.7 Å². The van der Waals surface area contributed by atoms with Gasteiger partial charge in [0.1, 0.15) is 17.8 Å². The second-order valence-electron chi connectivity index (χ2n) is 7.69. The lowest BCUT2D eigenvalue weighted by Gasteiger charge is -2.35. The predicted octanol–water partition coefficient (Wildman–Crippen LogP) is 2.96. The molecule has 168 valence electrons. The van der Waals surface area contributed by atoms with Crippen LogP contribution in [-0.2, 0) is 6.42 Å². The number of rotatable bonds is 8. The van der Waals surface area contributed by atoms with Crippen LogP contribution in [0.2, 0.25) is 5.02 Å². The Hall–Kier alpha value is -3.01. The third-order valence-electron chi connectivity index (χ3n) is 5.68. The molecule has 2 aromatic carbocycles. The third-order valence-corrected chi connectivity index (χ3v) is 5.93. The van der Waals surface area contributed by atoms with Crippen molar-refractivity contribution in [1.29, 1.82) is 0 Å². The van der Waals surface area contributed by atoms with Crippen LogP contribution < -0.4 is 10.2 Å². The molecule has 10 heteroatoms. The van der Waals surface area contributed by atoms with Crippen LogP contribution in [0.5, 0.6) is 0 Å². The molecule has 1 aliphatic heterocycles. The molecule has 0 unspecified atom stereocenters. The summed E-state index contributed by atoms with van der Waals surface area (Å²) in [7, 11) is 0. The van der Waals surface area contributed by atoms with Gasteiger partial charge >= 0.3 is 0 Å². The van der Waals surface area contributed by atoms with Gasteiger partial charge < -0.3 is 15.3 Å². The largest absolute Gasteiger partial charge is 0.395 e. The van der Waals surface area contributed by atoms with Crippen molar-refractivity contribution in [3.8, 4) is 0 Å². The number of nitrogens with one attached hydrogen (secondary N) is 1. The first-order chi connectivity index (χ1) is 15.5. The van der Waals surface area contributed by atoms with Crippen LogP contribution in [0, 0.1) is 10.1 Å². The maximum Gasteiger partial charge on any atom is 0.293 e. The van der Waals surface area contributed by atoms with Crippen LogP contribution in [0.4, 0.5) is 17.2 Å². The second-order valence-corrected chi connectivity index (χ2v) is 8.13. The van der Waals surface area contributed by atoms with Crippen LogP contribution >= 0.6 is 11.6 Å². The minimum absolute atomic E-state index is 0.0451. The summed E-state index contributed by atoms with van der Waals surface area (Å²) in [5, 5.41) is 25.6. The molecule has 0 spiro atoms. The molecule has 1 fully saturated rings. The van der Waals surface area contributed by atoms with Gasteiger partial charge in [-0.05, 0) is 30.2 Å². The van der Waals surface area contributed by atoms with Gasteiger partial charge in [-0.2, -0.15) is 0 Å². The number of piperazine rings is 1. The number of halogens is 1. The first-order valence-corrected chi connectivity index (χ1v) is 10.9. The lowest BCUT2D eigenvalue weighted by atomic mass is 10.1. The van der Waals surface area contributed by atoms with Gasteiger partial charge in [-0.15, -0.1) is 0 Å². The quantitative estimate of drug-likeness (QED) is 0.393. The standard InChI is InChI=1S/C22H25ClN6O3/c23-17-3-1-16(2-4-17)5-6-24-22-18-13-21(29(31)32)20(14-19(18)25-15-26-22)28-9-7-27(8-10-28)11-12-30/h1-4,13-15,30H,5-12H2,(H,24,25,26). The molecule has 9 nitrogen and oxygen atoms in total. The van der Waals surface area contributed by atoms with E-state index in [0.717, 1.165) is 25.1 Å². The molecule has 1 saturated heterocycles. The van der Waals surface area contributed by atoms with E-state index in [4.69, 9.17) is 16.7 Å². The topological polar surface area (TPSA) is 108 Å². The van der Waals surface area contributed by atoms with Crippen LogP contribution in [0.25, 0.3) is 10.9 Å². The predicted molar refractivity (Wildman–Crippen MR) is 126 cm³/mol. The number of hydrogen-bond donors (Lipinski definition) is 2. The van der Waals surface area contributed by atoms with Gasteiger partial charge in [0.05, 0.1) is 17.0 Å². The number of β-amino-alcohol motifs (C(OH)–C–C–N with tert-alkyl or cyclic N) is 1. The number of aliphatic hydroxyl groups is 1. The van der Waals surface area contributed by atoms with E-state index in [0.29, 0.717) is 53.6 Å². The van der Waals surface area contributed by atoms with Crippen LogP contribution in [-0.4, -0.2) is 70.8 Å². The Labute approximate surface area is 190 Å². The molecular formula is C22H25ClN6O3. The van der Waals surface area contributed by atoms with Crippen molar-refractivity contribution in [2.24, 2.45) is 0 Å². The Balaban J connectivity index is 1.55. The summed E-state index contributed by atoms with van der Waals surface area (Å²) in [6.45, 7) is 4.16.